The van der Waals surface area contributed by atoms with Gasteiger partial charge in [-0.25, -0.2) is 9.97 Å². The molecule has 0 atom stereocenters. The molecule has 8 nitrogen and oxygen atoms in total. The van der Waals surface area contributed by atoms with Crippen LogP contribution in [0.25, 0.3) is 11.3 Å². The maximum absolute atomic E-state index is 8.46. The summed E-state index contributed by atoms with van der Waals surface area (Å²) in [4.78, 5) is 8.10. The Morgan fingerprint density at radius 3 is 0.748 bits per heavy atom. The van der Waals surface area contributed by atoms with Gasteiger partial charge in [-0.3, -0.25) is 0 Å². The number of aryl methyl sites for hydroxylation is 2. The van der Waals surface area contributed by atoms with Crippen molar-refractivity contribution in [2.75, 3.05) is 25.7 Å². The number of ether oxygens (including phenoxy) is 2. The van der Waals surface area contributed by atoms with E-state index >= 15 is 0 Å². The van der Waals surface area contributed by atoms with Crippen molar-refractivity contribution in [2.45, 2.75) is 13.8 Å². The van der Waals surface area contributed by atoms with Crippen LogP contribution in [0.5, 0.6) is 17.2 Å². The van der Waals surface area contributed by atoms with Gasteiger partial charge in [0.2, 0.25) is 0 Å². The van der Waals surface area contributed by atoms with Crippen LogP contribution in [0.2, 0.25) is 10.3 Å². The van der Waals surface area contributed by atoms with Crippen molar-refractivity contribution in [2.24, 2.45) is 0 Å². The Labute approximate surface area is 715 Å². The predicted octanol–water partition coefficient (Wildman–Crippen LogP) is 20.1. The summed E-state index contributed by atoms with van der Waals surface area (Å²) in [5.41, 5.74) is 16.0. The fourth-order valence-electron chi connectivity index (χ4n) is 11.9. The molecule has 0 fully saturated rings. The van der Waals surface area contributed by atoms with Crippen LogP contribution in [0.1, 0.15) is 11.1 Å². The smallest absolute Gasteiger partial charge is 0.535 e. The molecule has 115 heavy (non-hydrogen) atoms. The minimum Gasteiger partial charge on any atom is -0.535 e. The monoisotopic (exact) mass is 1770 g/mol. The molecule has 1 radical (unpaired) electrons. The third kappa shape index (κ3) is 27.2. The van der Waals surface area contributed by atoms with Crippen molar-refractivity contribution in [3.8, 4) is 28.5 Å². The van der Waals surface area contributed by atoms with E-state index in [9.17, 15) is 0 Å². The second-order valence-electron chi connectivity index (χ2n) is 24.9. The van der Waals surface area contributed by atoms with Crippen molar-refractivity contribution in [3.05, 3.63) is 451 Å². The van der Waals surface area contributed by atoms with Crippen LogP contribution in [-0.2, 0) is 20.4 Å². The fourth-order valence-corrected chi connectivity index (χ4v) is 21.8. The summed E-state index contributed by atoms with van der Waals surface area (Å²) in [6.07, 6.45) is 0. The molecule has 2 aromatic heterocycles. The van der Waals surface area contributed by atoms with Crippen LogP contribution in [0, 0.1) is 13.8 Å². The Morgan fingerprint density at radius 2 is 0.522 bits per heavy atom. The zero-order chi connectivity index (χ0) is 79.9. The van der Waals surface area contributed by atoms with E-state index in [-0.39, 0.29) is 20.4 Å². The first-order valence-electron chi connectivity index (χ1n) is 36.6. The molecule has 0 aliphatic carbocycles. The van der Waals surface area contributed by atoms with Crippen molar-refractivity contribution >= 4 is 154 Å². The van der Waals surface area contributed by atoms with Crippen molar-refractivity contribution in [3.63, 3.8) is 0 Å². The number of nitrogens with zero attached hydrogens (tertiary/aromatic N) is 2. The van der Waals surface area contributed by atoms with Crippen LogP contribution >= 0.6 is 70.8 Å². The van der Waals surface area contributed by atoms with Crippen LogP contribution in [0.15, 0.2) is 429 Å². The molecular formula is C98H87BBrCl2N4O4P4Pd. The maximum Gasteiger partial charge on any atom is 0.569 e. The number of benzene rings is 14. The normalized spacial score (nSPS) is 10.2. The second-order valence-corrected chi connectivity index (χ2v) is 35.3. The molecule has 16 rings (SSSR count). The van der Waals surface area contributed by atoms with Gasteiger partial charge >= 0.3 is 7.69 Å². The van der Waals surface area contributed by atoms with Gasteiger partial charge in [0.15, 0.2) is 5.75 Å². The van der Waals surface area contributed by atoms with E-state index in [0.29, 0.717) is 51.2 Å². The molecule has 17 heteroatoms. The molecule has 5 N–H and O–H groups in total. The van der Waals surface area contributed by atoms with E-state index in [0.717, 1.165) is 22.4 Å². The van der Waals surface area contributed by atoms with Crippen LogP contribution in [-0.4, -0.2) is 36.9 Å². The molecule has 0 unspecified atom stereocenters. The number of aromatic nitrogens is 2. The van der Waals surface area contributed by atoms with Gasteiger partial charge in [-0.1, -0.05) is 411 Å². The van der Waals surface area contributed by atoms with Gasteiger partial charge in [0.05, 0.1) is 31.3 Å². The van der Waals surface area contributed by atoms with Gasteiger partial charge in [-0.15, -0.1) is 0 Å². The Hall–Kier alpha value is -10.2. The summed E-state index contributed by atoms with van der Waals surface area (Å²) in [7, 11) is 2.04. The van der Waals surface area contributed by atoms with Crippen LogP contribution in [0.3, 0.4) is 0 Å². The minimum atomic E-state index is -0.446. The minimum absolute atomic E-state index is 0. The first kappa shape index (κ1) is 88.8. The molecule has 0 bridgehead atoms. The van der Waals surface area contributed by atoms with Gasteiger partial charge in [0.25, 0.3) is 0 Å². The zero-order valence-electron chi connectivity index (χ0n) is 64.0. The third-order valence-corrected chi connectivity index (χ3v) is 28.0. The van der Waals surface area contributed by atoms with Gasteiger partial charge in [0.1, 0.15) is 26.4 Å². The van der Waals surface area contributed by atoms with Gasteiger partial charge in [-0.2, -0.15) is 0 Å². The number of rotatable bonds is 17. The first-order valence-corrected chi connectivity index (χ1v) is 43.5. The van der Waals surface area contributed by atoms with E-state index in [1.807, 2.05) is 44.2 Å². The molecule has 14 aromatic carbocycles. The standard InChI is InChI=1S/4C18H15P.C13H13ClN2O.C8H10BO3.C5H4BrClN2.Pd/c4*1-4-10-16(11-5-1)19(17-12-6-2-7-13-17)18-14-8-3-9-15-18;1-8-4-3-5-10(17-2)12(8)13-9(15)6-7-11(14)16-13;1-6-4-3-5-7(11-2)8(6)12-9-10;6-5-3(8)1-2-4(7)9-5;/h4*1-15H;3-7H,15H2,1-2H3;3-5,10H,1-2H3;1-2H,8H2;. The number of para-hydroxylation sites is 1. The molecule has 2 heterocycles. The Kier molecular flexibility index (Phi) is 37.8. The molecule has 0 saturated heterocycles. The van der Waals surface area contributed by atoms with Crippen molar-refractivity contribution < 1.29 is 39.6 Å². The molecule has 0 aliphatic heterocycles. The van der Waals surface area contributed by atoms with E-state index in [4.69, 9.17) is 53.8 Å². The first-order chi connectivity index (χ1) is 55.9. The number of nitrogens with two attached hydrogens (primary N) is 2. The number of pyridine rings is 2. The van der Waals surface area contributed by atoms with E-state index in [2.05, 4.69) is 390 Å². The molecular weight excluding hydrogens is 1690 g/mol. The molecule has 577 valence electrons. The summed E-state index contributed by atoms with van der Waals surface area (Å²) in [6, 6.07) is 147. The summed E-state index contributed by atoms with van der Waals surface area (Å²) >= 11 is 14.6. The topological polar surface area (TPSA) is 126 Å². The fraction of sp³-hybridized carbons (Fsp3) is 0.0408. The molecule has 0 saturated carbocycles. The number of anilines is 2. The van der Waals surface area contributed by atoms with Gasteiger partial charge < -0.3 is 30.6 Å². The van der Waals surface area contributed by atoms with E-state index < -0.39 is 31.7 Å². The number of methoxy groups -OCH3 is 2. The molecule has 0 amide bonds. The number of nitrogen functional groups attached to an aromatic ring is 2. The third-order valence-electron chi connectivity index (χ3n) is 17.2. The number of hydrogen-bond acceptors (Lipinski definition) is 8. The Morgan fingerprint density at radius 1 is 0.296 bits per heavy atom. The van der Waals surface area contributed by atoms with Crippen molar-refractivity contribution in [1.82, 2.24) is 9.97 Å². The number of hydrogen-bond donors (Lipinski definition) is 3. The summed E-state index contributed by atoms with van der Waals surface area (Å²) in [6.45, 7) is 3.86. The van der Waals surface area contributed by atoms with Gasteiger partial charge in [-0.05, 0) is 173 Å². The average Bonchev–Trinajstić information content (AvgIpc) is 0.748. The second kappa shape index (κ2) is 48.9. The SMILES string of the molecule is COc1cccc(C)c1-c1nc(Cl)ccc1N.COc1cccc(C)c1O[B]O.Nc1ccc(Cl)nc1Br.[Pd].c1ccc(P(c2ccccc2)c2ccccc2)cc1.c1ccc(P(c2ccccc2)c2ccccc2)cc1.c1ccc(P(c2ccccc2)c2ccccc2)cc1.c1ccc(P(c2ccccc2)c2ccccc2)cc1. The molecule has 0 spiro atoms. The average molecular weight is 1780 g/mol. The van der Waals surface area contributed by atoms with Crippen LogP contribution in [0.4, 0.5) is 11.4 Å². The van der Waals surface area contributed by atoms with Gasteiger partial charge in [0, 0.05) is 26.0 Å². The Bertz CT molecular complexity index is 4570. The summed E-state index contributed by atoms with van der Waals surface area (Å²) < 4.78 is 15.8. The molecule has 0 aliphatic rings. The summed E-state index contributed by atoms with van der Waals surface area (Å²) in [5, 5.41) is 26.1. The quantitative estimate of drug-likeness (QED) is 0.0468. The Balaban J connectivity index is 0.000000155. The molecule has 16 aromatic rings. The van der Waals surface area contributed by atoms with Crippen LogP contribution < -0.4 is 89.2 Å². The predicted molar refractivity (Wildman–Crippen MR) is 499 cm³/mol. The summed E-state index contributed by atoms with van der Waals surface area (Å²) in [5.74, 6) is 1.90. The largest absolute Gasteiger partial charge is 0.569 e. The van der Waals surface area contributed by atoms with E-state index in [1.165, 1.54) is 63.7 Å². The van der Waals surface area contributed by atoms with Crippen molar-refractivity contribution in [1.29, 1.82) is 0 Å². The number of halogens is 3. The zero-order valence-corrected chi connectivity index (χ0v) is 72.2. The van der Waals surface area contributed by atoms with E-state index in [1.54, 1.807) is 44.6 Å². The maximum atomic E-state index is 8.46.